The summed E-state index contributed by atoms with van der Waals surface area (Å²) >= 11 is 0. The van der Waals surface area contributed by atoms with E-state index in [1.165, 1.54) is 11.8 Å². The van der Waals surface area contributed by atoms with Crippen LogP contribution in [0, 0.1) is 11.3 Å². The maximum absolute atomic E-state index is 9.02. The van der Waals surface area contributed by atoms with Crippen LogP contribution in [0.2, 0.25) is 0 Å². The van der Waals surface area contributed by atoms with Gasteiger partial charge >= 0.3 is 0 Å². The first-order valence-corrected chi connectivity index (χ1v) is 5.88. The lowest BCUT2D eigenvalue weighted by molar-refractivity contribution is 0.740. The Morgan fingerprint density at radius 2 is 2.06 bits per heavy atom. The van der Waals surface area contributed by atoms with Gasteiger partial charge in [0.25, 0.3) is 0 Å². The molecule has 0 aliphatic heterocycles. The Morgan fingerprint density at radius 1 is 1.28 bits per heavy atom. The van der Waals surface area contributed by atoms with Gasteiger partial charge in [-0.25, -0.2) is 0 Å². The number of anilines is 1. The summed E-state index contributed by atoms with van der Waals surface area (Å²) in [7, 11) is 0. The molecule has 1 atom stereocenters. The van der Waals surface area contributed by atoms with Gasteiger partial charge in [0.2, 0.25) is 0 Å². The summed E-state index contributed by atoms with van der Waals surface area (Å²) in [5, 5.41) is 20.1. The van der Waals surface area contributed by atoms with Crippen LogP contribution in [0.4, 0.5) is 5.82 Å². The van der Waals surface area contributed by atoms with Crippen LogP contribution in [0.25, 0.3) is 0 Å². The van der Waals surface area contributed by atoms with Crippen LogP contribution in [-0.4, -0.2) is 10.2 Å². The van der Waals surface area contributed by atoms with Gasteiger partial charge in [0.05, 0.1) is 17.8 Å². The first kappa shape index (κ1) is 12.1. The third-order valence-electron chi connectivity index (χ3n) is 2.76. The summed E-state index contributed by atoms with van der Waals surface area (Å²) in [6.45, 7) is 2.09. The average Bonchev–Trinajstić information content (AvgIpc) is 2.46. The topological polar surface area (TPSA) is 61.6 Å². The lowest BCUT2D eigenvalue weighted by Gasteiger charge is -2.18. The van der Waals surface area contributed by atoms with E-state index in [0.717, 1.165) is 6.42 Å². The smallest absolute Gasteiger partial charge is 0.167 e. The molecule has 0 radical (unpaired) electrons. The van der Waals surface area contributed by atoms with Gasteiger partial charge in [-0.2, -0.15) is 10.4 Å². The van der Waals surface area contributed by atoms with E-state index in [-0.39, 0.29) is 6.04 Å². The fraction of sp³-hybridized carbons (Fsp3) is 0.214. The van der Waals surface area contributed by atoms with Gasteiger partial charge in [-0.1, -0.05) is 37.3 Å². The van der Waals surface area contributed by atoms with Gasteiger partial charge < -0.3 is 5.32 Å². The molecule has 0 saturated carbocycles. The molecule has 0 aliphatic carbocycles. The van der Waals surface area contributed by atoms with Crippen molar-refractivity contribution in [3.63, 3.8) is 0 Å². The van der Waals surface area contributed by atoms with E-state index >= 15 is 0 Å². The lowest BCUT2D eigenvalue weighted by Crippen LogP contribution is -2.12. The minimum Gasteiger partial charge on any atom is -0.361 e. The monoisotopic (exact) mass is 238 g/mol. The fourth-order valence-electron chi connectivity index (χ4n) is 1.80. The number of aromatic nitrogens is 2. The minimum absolute atomic E-state index is 0.134. The van der Waals surface area contributed by atoms with E-state index in [4.69, 9.17) is 5.26 Å². The molecule has 1 unspecified atom stereocenters. The van der Waals surface area contributed by atoms with Crippen molar-refractivity contribution >= 4 is 5.82 Å². The number of nitriles is 1. The first-order valence-electron chi connectivity index (χ1n) is 5.88. The van der Waals surface area contributed by atoms with Gasteiger partial charge in [-0.15, -0.1) is 5.10 Å². The van der Waals surface area contributed by atoms with E-state index < -0.39 is 0 Å². The predicted molar refractivity (Wildman–Crippen MR) is 69.8 cm³/mol. The molecule has 1 N–H and O–H groups in total. The number of nitrogens with zero attached hydrogens (tertiary/aromatic N) is 3. The second-order valence-corrected chi connectivity index (χ2v) is 3.92. The summed E-state index contributed by atoms with van der Waals surface area (Å²) in [5.41, 5.74) is 1.69. The highest BCUT2D eigenvalue weighted by Crippen LogP contribution is 2.22. The Morgan fingerprint density at radius 3 is 2.72 bits per heavy atom. The van der Waals surface area contributed by atoms with Gasteiger partial charge in [0, 0.05) is 0 Å². The van der Waals surface area contributed by atoms with Gasteiger partial charge in [0.1, 0.15) is 6.07 Å². The quantitative estimate of drug-likeness (QED) is 0.889. The van der Waals surface area contributed by atoms with Crippen LogP contribution in [0.1, 0.15) is 30.5 Å². The maximum Gasteiger partial charge on any atom is 0.167 e. The highest BCUT2D eigenvalue weighted by Gasteiger charge is 2.11. The van der Waals surface area contributed by atoms with Crippen LogP contribution < -0.4 is 5.32 Å². The van der Waals surface area contributed by atoms with Crippen LogP contribution >= 0.6 is 0 Å². The van der Waals surface area contributed by atoms with Gasteiger partial charge in [-0.3, -0.25) is 0 Å². The number of hydrogen-bond acceptors (Lipinski definition) is 4. The second kappa shape index (κ2) is 5.78. The average molecular weight is 238 g/mol. The molecule has 4 nitrogen and oxygen atoms in total. The second-order valence-electron chi connectivity index (χ2n) is 3.92. The molecule has 1 heterocycles. The molecular formula is C14H14N4. The van der Waals surface area contributed by atoms with E-state index in [1.54, 1.807) is 6.07 Å². The van der Waals surface area contributed by atoms with Crippen molar-refractivity contribution in [3.8, 4) is 6.07 Å². The van der Waals surface area contributed by atoms with Crippen LogP contribution in [-0.2, 0) is 0 Å². The zero-order valence-corrected chi connectivity index (χ0v) is 10.2. The SMILES string of the molecule is CCC(Nc1nnccc1C#N)c1ccccc1. The first-order chi connectivity index (χ1) is 8.85. The third kappa shape index (κ3) is 2.64. The Bertz CT molecular complexity index is 545. The van der Waals surface area contributed by atoms with Crippen molar-refractivity contribution in [2.75, 3.05) is 5.32 Å². The van der Waals surface area contributed by atoms with Crippen molar-refractivity contribution in [1.29, 1.82) is 5.26 Å². The summed E-state index contributed by atoms with van der Waals surface area (Å²) in [4.78, 5) is 0. The van der Waals surface area contributed by atoms with E-state index in [0.29, 0.717) is 11.4 Å². The molecule has 0 fully saturated rings. The third-order valence-corrected chi connectivity index (χ3v) is 2.76. The predicted octanol–water partition coefficient (Wildman–Crippen LogP) is 2.91. The Kier molecular flexibility index (Phi) is 3.87. The summed E-state index contributed by atoms with van der Waals surface area (Å²) in [6, 6.07) is 14.0. The lowest BCUT2D eigenvalue weighted by atomic mass is 10.0. The zero-order valence-electron chi connectivity index (χ0n) is 10.2. The molecular weight excluding hydrogens is 224 g/mol. The van der Waals surface area contributed by atoms with Crippen LogP contribution in [0.5, 0.6) is 0 Å². The molecule has 0 aliphatic rings. The molecule has 1 aromatic carbocycles. The minimum atomic E-state index is 0.134. The fourth-order valence-corrected chi connectivity index (χ4v) is 1.80. The molecule has 2 rings (SSSR count). The van der Waals surface area contributed by atoms with Crippen molar-refractivity contribution in [3.05, 3.63) is 53.7 Å². The van der Waals surface area contributed by atoms with Crippen molar-refractivity contribution < 1.29 is 0 Å². The maximum atomic E-state index is 9.02. The van der Waals surface area contributed by atoms with Crippen molar-refractivity contribution in [2.24, 2.45) is 0 Å². The van der Waals surface area contributed by atoms with Gasteiger partial charge in [0.15, 0.2) is 5.82 Å². The van der Waals surface area contributed by atoms with Gasteiger partial charge in [-0.05, 0) is 18.1 Å². The Hall–Kier alpha value is -2.41. The number of nitrogens with one attached hydrogen (secondary N) is 1. The number of hydrogen-bond donors (Lipinski definition) is 1. The number of benzene rings is 1. The summed E-state index contributed by atoms with van der Waals surface area (Å²) in [6.07, 6.45) is 2.43. The Labute approximate surface area is 106 Å². The summed E-state index contributed by atoms with van der Waals surface area (Å²) in [5.74, 6) is 0.538. The molecule has 2 aromatic rings. The molecule has 18 heavy (non-hydrogen) atoms. The highest BCUT2D eigenvalue weighted by molar-refractivity contribution is 5.51. The van der Waals surface area contributed by atoms with Crippen LogP contribution in [0.3, 0.4) is 0 Å². The van der Waals surface area contributed by atoms with Crippen molar-refractivity contribution in [2.45, 2.75) is 19.4 Å². The molecule has 90 valence electrons. The molecule has 0 spiro atoms. The largest absolute Gasteiger partial charge is 0.361 e. The molecule has 4 heteroatoms. The molecule has 1 aromatic heterocycles. The summed E-state index contributed by atoms with van der Waals surface area (Å²) < 4.78 is 0. The zero-order chi connectivity index (χ0) is 12.8. The van der Waals surface area contributed by atoms with E-state index in [2.05, 4.69) is 40.6 Å². The normalized spacial score (nSPS) is 11.6. The molecule has 0 bridgehead atoms. The molecule has 0 saturated heterocycles. The van der Waals surface area contributed by atoms with E-state index in [1.807, 2.05) is 18.2 Å². The van der Waals surface area contributed by atoms with Crippen molar-refractivity contribution in [1.82, 2.24) is 10.2 Å². The van der Waals surface area contributed by atoms with Crippen LogP contribution in [0.15, 0.2) is 42.6 Å². The molecule has 0 amide bonds. The number of rotatable bonds is 4. The Balaban J connectivity index is 2.24. The van der Waals surface area contributed by atoms with E-state index in [9.17, 15) is 0 Å². The standard InChI is InChI=1S/C14H14N4/c1-2-13(11-6-4-3-5-7-11)17-14-12(10-15)8-9-16-18-14/h3-9,13H,2H2,1H3,(H,17,18). The highest BCUT2D eigenvalue weighted by atomic mass is 15.2.